The summed E-state index contributed by atoms with van der Waals surface area (Å²) < 4.78 is 4.84. The number of fused-ring (bicyclic) bond motifs is 1. The van der Waals surface area contributed by atoms with Crippen LogP contribution in [0.1, 0.15) is 25.6 Å². The summed E-state index contributed by atoms with van der Waals surface area (Å²) in [4.78, 5) is 0. The number of benzene rings is 2. The maximum atomic E-state index is 4.55. The Kier molecular flexibility index (Phi) is 5.58. The van der Waals surface area contributed by atoms with E-state index in [-0.39, 0.29) is 6.17 Å². The zero-order chi connectivity index (χ0) is 18.7. The van der Waals surface area contributed by atoms with Gasteiger partial charge in [-0.1, -0.05) is 81.2 Å². The van der Waals surface area contributed by atoms with Crippen molar-refractivity contribution in [1.29, 1.82) is 0 Å². The molecule has 26 heavy (non-hydrogen) atoms. The van der Waals surface area contributed by atoms with Gasteiger partial charge >= 0.3 is 0 Å². The van der Waals surface area contributed by atoms with Crippen LogP contribution in [0.2, 0.25) is 19.6 Å². The van der Waals surface area contributed by atoms with Crippen LogP contribution in [0.15, 0.2) is 54.6 Å². The second-order valence-corrected chi connectivity index (χ2v) is 13.2. The lowest BCUT2D eigenvalue weighted by Crippen LogP contribution is -2.52. The van der Waals surface area contributed by atoms with Crippen LogP contribution < -0.4 is 0 Å². The molecule has 0 aliphatic heterocycles. The van der Waals surface area contributed by atoms with Gasteiger partial charge in [0.05, 0.1) is 5.52 Å². The third kappa shape index (κ3) is 4.05. The fourth-order valence-corrected chi connectivity index (χ4v) is 5.60. The third-order valence-corrected chi connectivity index (χ3v) is 7.10. The first-order chi connectivity index (χ1) is 12.4. The van der Waals surface area contributed by atoms with Crippen molar-refractivity contribution in [3.63, 3.8) is 0 Å². The van der Waals surface area contributed by atoms with Gasteiger partial charge in [-0.2, -0.15) is 0 Å². The molecule has 0 fully saturated rings. The highest BCUT2D eigenvalue weighted by molar-refractivity contribution is 6.73. The Morgan fingerprint density at radius 1 is 0.962 bits per heavy atom. The maximum Gasteiger partial charge on any atom is 0.121 e. The summed E-state index contributed by atoms with van der Waals surface area (Å²) >= 11 is 0. The summed E-state index contributed by atoms with van der Waals surface area (Å²) in [5.74, 6) is 0.447. The fourth-order valence-electron chi connectivity index (χ4n) is 3.62. The first-order valence-electron chi connectivity index (χ1n) is 9.48. The Labute approximate surface area is 157 Å². The summed E-state index contributed by atoms with van der Waals surface area (Å²) in [6, 6.07) is 19.0. The molecule has 1 atom stereocenters. The lowest BCUT2D eigenvalue weighted by Gasteiger charge is -2.42. The SMILES string of the molecule is CC(C)C(N(CCc1ccccc1)[Si](C)(C)C)n1nnc2ccccc21. The van der Waals surface area contributed by atoms with Crippen LogP contribution in [0.25, 0.3) is 11.0 Å². The molecule has 138 valence electrons. The Morgan fingerprint density at radius 3 is 2.27 bits per heavy atom. The summed E-state index contributed by atoms with van der Waals surface area (Å²) in [6.07, 6.45) is 1.28. The van der Waals surface area contributed by atoms with E-state index >= 15 is 0 Å². The van der Waals surface area contributed by atoms with Crippen LogP contribution in [0.3, 0.4) is 0 Å². The molecule has 5 heteroatoms. The van der Waals surface area contributed by atoms with Gasteiger partial charge in [0.15, 0.2) is 0 Å². The number of para-hydroxylation sites is 1. The summed E-state index contributed by atoms with van der Waals surface area (Å²) in [5.41, 5.74) is 3.48. The van der Waals surface area contributed by atoms with Gasteiger partial charge in [-0.3, -0.25) is 0 Å². The molecule has 0 radical (unpaired) electrons. The second-order valence-electron chi connectivity index (χ2n) is 8.28. The normalized spacial score (nSPS) is 13.7. The predicted molar refractivity (Wildman–Crippen MR) is 112 cm³/mol. The van der Waals surface area contributed by atoms with Crippen molar-refractivity contribution >= 4 is 19.3 Å². The number of hydrogen-bond acceptors (Lipinski definition) is 3. The van der Waals surface area contributed by atoms with E-state index in [1.807, 2.05) is 12.1 Å². The van der Waals surface area contributed by atoms with Gasteiger partial charge in [-0.25, -0.2) is 4.68 Å². The van der Waals surface area contributed by atoms with E-state index in [0.29, 0.717) is 5.92 Å². The first kappa shape index (κ1) is 18.8. The van der Waals surface area contributed by atoms with Crippen LogP contribution >= 0.6 is 0 Å². The molecule has 0 saturated heterocycles. The molecule has 0 N–H and O–H groups in total. The van der Waals surface area contributed by atoms with Crippen molar-refractivity contribution in [1.82, 2.24) is 19.6 Å². The highest BCUT2D eigenvalue weighted by Gasteiger charge is 2.34. The molecule has 3 rings (SSSR count). The van der Waals surface area contributed by atoms with Crippen LogP contribution in [0.4, 0.5) is 0 Å². The van der Waals surface area contributed by atoms with Crippen LogP contribution in [0, 0.1) is 5.92 Å². The molecular weight excluding hydrogens is 336 g/mol. The minimum absolute atomic E-state index is 0.220. The van der Waals surface area contributed by atoms with E-state index in [0.717, 1.165) is 24.0 Å². The predicted octanol–water partition coefficient (Wildman–Crippen LogP) is 4.97. The van der Waals surface area contributed by atoms with E-state index in [1.54, 1.807) is 0 Å². The molecule has 4 nitrogen and oxygen atoms in total. The van der Waals surface area contributed by atoms with Crippen LogP contribution in [-0.4, -0.2) is 34.3 Å². The van der Waals surface area contributed by atoms with Crippen LogP contribution in [0.5, 0.6) is 0 Å². The van der Waals surface area contributed by atoms with Gasteiger partial charge in [0.2, 0.25) is 0 Å². The smallest absolute Gasteiger partial charge is 0.121 e. The molecule has 0 spiro atoms. The van der Waals surface area contributed by atoms with Crippen molar-refractivity contribution in [2.45, 2.75) is 46.1 Å². The van der Waals surface area contributed by atoms with Crippen molar-refractivity contribution in [3.8, 4) is 0 Å². The number of nitrogens with zero attached hydrogens (tertiary/aromatic N) is 4. The van der Waals surface area contributed by atoms with Gasteiger partial charge < -0.3 is 4.57 Å². The molecule has 0 saturated carbocycles. The van der Waals surface area contributed by atoms with Crippen molar-refractivity contribution in [3.05, 3.63) is 60.2 Å². The largest absolute Gasteiger partial charge is 0.303 e. The standard InChI is InChI=1S/C21H30N4Si/c1-17(2)21(25-20-14-10-9-13-19(20)22-23-25)24(26(3,4)5)16-15-18-11-7-6-8-12-18/h6-14,17,21H,15-16H2,1-5H3. The first-order valence-corrected chi connectivity index (χ1v) is 12.9. The highest BCUT2D eigenvalue weighted by Crippen LogP contribution is 2.30. The fraction of sp³-hybridized carbons (Fsp3) is 0.429. The average Bonchev–Trinajstić information content (AvgIpc) is 3.02. The monoisotopic (exact) mass is 366 g/mol. The minimum atomic E-state index is -1.57. The number of rotatable bonds is 7. The van der Waals surface area contributed by atoms with E-state index < -0.39 is 8.24 Å². The Hall–Kier alpha value is -1.98. The number of aromatic nitrogens is 3. The van der Waals surface area contributed by atoms with Gasteiger partial charge in [-0.15, -0.1) is 5.10 Å². The lowest BCUT2D eigenvalue weighted by atomic mass is 10.1. The van der Waals surface area contributed by atoms with Gasteiger partial charge in [0.25, 0.3) is 0 Å². The third-order valence-electron chi connectivity index (χ3n) is 4.89. The molecule has 3 aromatic rings. The highest BCUT2D eigenvalue weighted by atomic mass is 28.3. The summed E-state index contributed by atoms with van der Waals surface area (Å²) in [5, 5.41) is 8.96. The van der Waals surface area contributed by atoms with E-state index in [9.17, 15) is 0 Å². The topological polar surface area (TPSA) is 34.0 Å². The minimum Gasteiger partial charge on any atom is -0.303 e. The van der Waals surface area contributed by atoms with Crippen molar-refractivity contribution in [2.75, 3.05) is 6.54 Å². The summed E-state index contributed by atoms with van der Waals surface area (Å²) in [7, 11) is -1.57. The zero-order valence-corrected chi connectivity index (χ0v) is 17.6. The maximum absolute atomic E-state index is 4.55. The molecule has 1 aromatic heterocycles. The number of hydrogen-bond donors (Lipinski definition) is 0. The van der Waals surface area contributed by atoms with Gasteiger partial charge in [0.1, 0.15) is 19.9 Å². The molecule has 2 aromatic carbocycles. The molecular formula is C21H30N4Si. The lowest BCUT2D eigenvalue weighted by molar-refractivity contribution is 0.166. The van der Waals surface area contributed by atoms with Gasteiger partial charge in [0, 0.05) is 0 Å². The molecule has 0 amide bonds. The molecule has 0 aliphatic carbocycles. The molecule has 0 aliphatic rings. The Balaban J connectivity index is 1.96. The molecule has 1 unspecified atom stereocenters. The van der Waals surface area contributed by atoms with E-state index in [4.69, 9.17) is 0 Å². The van der Waals surface area contributed by atoms with Crippen molar-refractivity contribution in [2.24, 2.45) is 5.92 Å². The quantitative estimate of drug-likeness (QED) is 0.554. The van der Waals surface area contributed by atoms with E-state index in [1.165, 1.54) is 5.56 Å². The second kappa shape index (κ2) is 7.72. The average molecular weight is 367 g/mol. The Bertz CT molecular complexity index is 836. The molecule has 0 bridgehead atoms. The van der Waals surface area contributed by atoms with E-state index in [2.05, 4.69) is 95.5 Å². The molecule has 1 heterocycles. The summed E-state index contributed by atoms with van der Waals surface area (Å²) in [6.45, 7) is 12.9. The van der Waals surface area contributed by atoms with Gasteiger partial charge in [-0.05, 0) is 36.6 Å². The van der Waals surface area contributed by atoms with Crippen molar-refractivity contribution < 1.29 is 0 Å². The Morgan fingerprint density at radius 2 is 1.62 bits per heavy atom. The zero-order valence-electron chi connectivity index (χ0n) is 16.6. The van der Waals surface area contributed by atoms with Crippen LogP contribution in [-0.2, 0) is 6.42 Å².